The standard InChI is InChI=1S/C18H26F2N4O4S/c1-22(2)29(26,27)13-5-6-15-14(11-13)21-17(23(15)3)7-8-18(25)24(9-10-28-4)12-16(19)20/h5-6,11,16H,7-10,12H2,1-4H3. The number of sulfonamides is 1. The van der Waals surface area contributed by atoms with Gasteiger partial charge in [-0.15, -0.1) is 0 Å². The summed E-state index contributed by atoms with van der Waals surface area (Å²) in [4.78, 5) is 18.0. The molecule has 0 aliphatic carbocycles. The van der Waals surface area contributed by atoms with E-state index in [-0.39, 0.29) is 30.9 Å². The number of hydrogen-bond acceptors (Lipinski definition) is 5. The molecule has 2 aromatic rings. The van der Waals surface area contributed by atoms with Gasteiger partial charge in [0.25, 0.3) is 6.43 Å². The maximum atomic E-state index is 12.7. The molecule has 11 heteroatoms. The molecule has 0 aliphatic heterocycles. The van der Waals surface area contributed by atoms with Crippen LogP contribution in [0.25, 0.3) is 11.0 Å². The van der Waals surface area contributed by atoms with Crippen molar-refractivity contribution in [1.29, 1.82) is 0 Å². The second-order valence-corrected chi connectivity index (χ2v) is 8.90. The number of carbonyl (C=O) groups is 1. The molecule has 0 atom stereocenters. The van der Waals surface area contributed by atoms with Gasteiger partial charge in [-0.2, -0.15) is 0 Å². The van der Waals surface area contributed by atoms with Crippen molar-refractivity contribution in [2.45, 2.75) is 24.2 Å². The Morgan fingerprint density at radius 1 is 1.31 bits per heavy atom. The van der Waals surface area contributed by atoms with Crippen molar-refractivity contribution in [1.82, 2.24) is 18.8 Å². The summed E-state index contributed by atoms with van der Waals surface area (Å²) in [6.45, 7) is -0.377. The van der Waals surface area contributed by atoms with E-state index in [1.807, 2.05) is 0 Å². The molecule has 8 nitrogen and oxygen atoms in total. The van der Waals surface area contributed by atoms with Gasteiger partial charge >= 0.3 is 0 Å². The second kappa shape index (κ2) is 9.59. The van der Waals surface area contributed by atoms with Crippen LogP contribution in [0.1, 0.15) is 12.2 Å². The van der Waals surface area contributed by atoms with E-state index in [0.29, 0.717) is 16.9 Å². The van der Waals surface area contributed by atoms with E-state index >= 15 is 0 Å². The number of hydrogen-bond donors (Lipinski definition) is 0. The smallest absolute Gasteiger partial charge is 0.255 e. The fraction of sp³-hybridized carbons (Fsp3) is 0.556. The summed E-state index contributed by atoms with van der Waals surface area (Å²) in [6, 6.07) is 4.65. The molecule has 0 unspecified atom stereocenters. The number of methoxy groups -OCH3 is 1. The van der Waals surface area contributed by atoms with Crippen molar-refractivity contribution in [3.63, 3.8) is 0 Å². The van der Waals surface area contributed by atoms with Crippen molar-refractivity contribution in [3.05, 3.63) is 24.0 Å². The number of benzene rings is 1. The van der Waals surface area contributed by atoms with Gasteiger partial charge in [-0.3, -0.25) is 4.79 Å². The number of imidazole rings is 1. The minimum atomic E-state index is -3.59. The molecule has 2 rings (SSSR count). The van der Waals surface area contributed by atoms with Crippen LogP contribution < -0.4 is 0 Å². The Kier molecular flexibility index (Phi) is 7.66. The molecule has 162 valence electrons. The summed E-state index contributed by atoms with van der Waals surface area (Å²) in [7, 11) is 2.51. The van der Waals surface area contributed by atoms with Crippen LogP contribution in [0.15, 0.2) is 23.1 Å². The van der Waals surface area contributed by atoms with Gasteiger partial charge < -0.3 is 14.2 Å². The highest BCUT2D eigenvalue weighted by molar-refractivity contribution is 7.89. The van der Waals surface area contributed by atoms with Crippen LogP contribution in [0.4, 0.5) is 8.78 Å². The molecule has 29 heavy (non-hydrogen) atoms. The molecule has 0 fully saturated rings. The molecule has 1 aromatic carbocycles. The predicted octanol–water partition coefficient (Wildman–Crippen LogP) is 1.50. The monoisotopic (exact) mass is 432 g/mol. The number of rotatable bonds is 10. The molecule has 0 saturated heterocycles. The van der Waals surface area contributed by atoms with E-state index in [1.54, 1.807) is 17.7 Å². The molecule has 1 amide bonds. The Morgan fingerprint density at radius 3 is 2.59 bits per heavy atom. The number of amides is 1. The zero-order valence-corrected chi connectivity index (χ0v) is 17.7. The van der Waals surface area contributed by atoms with E-state index in [1.165, 1.54) is 33.3 Å². The molecule has 0 radical (unpaired) electrons. The third-order valence-corrected chi connectivity index (χ3v) is 6.37. The molecule has 1 aromatic heterocycles. The topological polar surface area (TPSA) is 84.7 Å². The summed E-state index contributed by atoms with van der Waals surface area (Å²) in [5.74, 6) is 0.154. The second-order valence-electron chi connectivity index (χ2n) is 6.75. The Balaban J connectivity index is 2.19. The van der Waals surface area contributed by atoms with E-state index in [4.69, 9.17) is 4.74 Å². The molecule has 0 bridgehead atoms. The van der Waals surface area contributed by atoms with Crippen molar-refractivity contribution < 1.29 is 26.7 Å². The number of carbonyl (C=O) groups excluding carboxylic acids is 1. The van der Waals surface area contributed by atoms with Gasteiger partial charge in [-0.05, 0) is 18.2 Å². The lowest BCUT2D eigenvalue weighted by Gasteiger charge is -2.21. The van der Waals surface area contributed by atoms with Crippen LogP contribution in [0.3, 0.4) is 0 Å². The van der Waals surface area contributed by atoms with Crippen LogP contribution >= 0.6 is 0 Å². The highest BCUT2D eigenvalue weighted by atomic mass is 32.2. The number of aromatic nitrogens is 2. The SMILES string of the molecule is COCCN(CC(F)F)C(=O)CCc1nc2cc(S(=O)(=O)N(C)C)ccc2n1C. The van der Waals surface area contributed by atoms with Gasteiger partial charge in [0.05, 0.1) is 29.1 Å². The summed E-state index contributed by atoms with van der Waals surface area (Å²) < 4.78 is 57.8. The Hall–Kier alpha value is -2.11. The van der Waals surface area contributed by atoms with E-state index in [0.717, 1.165) is 9.21 Å². The minimum absolute atomic E-state index is 0.0104. The van der Waals surface area contributed by atoms with Crippen LogP contribution in [-0.2, 0) is 33.0 Å². The average Bonchev–Trinajstić information content (AvgIpc) is 2.98. The summed E-state index contributed by atoms with van der Waals surface area (Å²) >= 11 is 0. The first-order valence-corrected chi connectivity index (χ1v) is 10.4. The number of nitrogens with zero attached hydrogens (tertiary/aromatic N) is 4. The third kappa shape index (κ3) is 5.49. The first kappa shape index (κ1) is 23.2. The molecular weight excluding hydrogens is 406 g/mol. The van der Waals surface area contributed by atoms with Crippen LogP contribution in [0.5, 0.6) is 0 Å². The lowest BCUT2D eigenvalue weighted by atomic mass is 10.2. The van der Waals surface area contributed by atoms with Gasteiger partial charge in [-0.25, -0.2) is 26.5 Å². The first-order chi connectivity index (χ1) is 13.6. The van der Waals surface area contributed by atoms with Gasteiger partial charge in [0.15, 0.2) is 0 Å². The molecule has 1 heterocycles. The molecular formula is C18H26F2N4O4S. The molecule has 0 saturated carbocycles. The number of ether oxygens (including phenoxy) is 1. The summed E-state index contributed by atoms with van der Waals surface area (Å²) in [6.07, 6.45) is -2.37. The predicted molar refractivity (Wildman–Crippen MR) is 104 cm³/mol. The first-order valence-electron chi connectivity index (χ1n) is 9.00. The Labute approximate surface area is 169 Å². The van der Waals surface area contributed by atoms with Gasteiger partial charge in [-0.1, -0.05) is 0 Å². The van der Waals surface area contributed by atoms with E-state index in [2.05, 4.69) is 4.98 Å². The highest BCUT2D eigenvalue weighted by Gasteiger charge is 2.21. The number of alkyl halides is 2. The average molecular weight is 432 g/mol. The fourth-order valence-corrected chi connectivity index (χ4v) is 3.81. The van der Waals surface area contributed by atoms with Gasteiger partial charge in [0, 0.05) is 47.6 Å². The largest absolute Gasteiger partial charge is 0.383 e. The van der Waals surface area contributed by atoms with Crippen molar-refractivity contribution in [3.8, 4) is 0 Å². The van der Waals surface area contributed by atoms with Crippen molar-refractivity contribution >= 4 is 27.0 Å². The van der Waals surface area contributed by atoms with Crippen LogP contribution in [-0.4, -0.2) is 80.4 Å². The minimum Gasteiger partial charge on any atom is -0.383 e. The highest BCUT2D eigenvalue weighted by Crippen LogP contribution is 2.22. The van der Waals surface area contributed by atoms with Crippen LogP contribution in [0, 0.1) is 0 Å². The maximum Gasteiger partial charge on any atom is 0.255 e. The number of aryl methyl sites for hydroxylation is 2. The summed E-state index contributed by atoms with van der Waals surface area (Å²) in [5.41, 5.74) is 1.20. The van der Waals surface area contributed by atoms with Gasteiger partial charge in [0.1, 0.15) is 5.82 Å². The normalized spacial score (nSPS) is 12.3. The Morgan fingerprint density at radius 2 is 2.00 bits per heavy atom. The fourth-order valence-electron chi connectivity index (χ4n) is 2.89. The summed E-state index contributed by atoms with van der Waals surface area (Å²) in [5, 5.41) is 0. The van der Waals surface area contributed by atoms with E-state index in [9.17, 15) is 22.0 Å². The van der Waals surface area contributed by atoms with Crippen LogP contribution in [0.2, 0.25) is 0 Å². The molecule has 0 aliphatic rings. The number of halogens is 2. The maximum absolute atomic E-state index is 12.7. The zero-order chi connectivity index (χ0) is 21.8. The van der Waals surface area contributed by atoms with Gasteiger partial charge in [0.2, 0.25) is 15.9 Å². The molecule has 0 N–H and O–H groups in total. The third-order valence-electron chi connectivity index (χ3n) is 4.56. The number of fused-ring (bicyclic) bond motifs is 1. The lowest BCUT2D eigenvalue weighted by molar-refractivity contribution is -0.133. The van der Waals surface area contributed by atoms with E-state index < -0.39 is 28.9 Å². The lowest BCUT2D eigenvalue weighted by Crippen LogP contribution is -2.37. The Bertz CT molecular complexity index is 960. The zero-order valence-electron chi connectivity index (χ0n) is 16.9. The molecule has 0 spiro atoms. The quantitative estimate of drug-likeness (QED) is 0.568. The van der Waals surface area contributed by atoms with Crippen molar-refractivity contribution in [2.75, 3.05) is 40.9 Å². The van der Waals surface area contributed by atoms with Crippen molar-refractivity contribution in [2.24, 2.45) is 7.05 Å².